The highest BCUT2D eigenvalue weighted by Crippen LogP contribution is 2.35. The number of piperidine rings is 1. The Morgan fingerprint density at radius 2 is 1.89 bits per heavy atom. The number of carbonyl (C=O) groups excluding carboxylic acids is 1. The summed E-state index contributed by atoms with van der Waals surface area (Å²) in [4.78, 5) is 19.8. The quantitative estimate of drug-likeness (QED) is 0.771. The van der Waals surface area contributed by atoms with E-state index in [-0.39, 0.29) is 11.2 Å². The lowest BCUT2D eigenvalue weighted by atomic mass is 9.91. The molecule has 1 aromatic rings. The van der Waals surface area contributed by atoms with E-state index >= 15 is 0 Å². The van der Waals surface area contributed by atoms with Crippen molar-refractivity contribution in [1.82, 2.24) is 4.98 Å². The molecule has 0 aliphatic carbocycles. The van der Waals surface area contributed by atoms with Crippen LogP contribution in [0, 0.1) is 5.92 Å². The third kappa shape index (κ3) is 3.16. The molecule has 0 atom stereocenters. The van der Waals surface area contributed by atoms with Crippen LogP contribution in [0.4, 0.5) is 5.13 Å². The number of anilines is 1. The summed E-state index contributed by atoms with van der Waals surface area (Å²) in [7, 11) is 0. The molecule has 106 valence electrons. The molecular formula is C15H24N2OS. The summed E-state index contributed by atoms with van der Waals surface area (Å²) in [5.41, 5.74) is 0.886. The number of thiazole rings is 1. The Balaban J connectivity index is 2.30. The number of hydrogen-bond acceptors (Lipinski definition) is 4. The smallest absolute Gasteiger partial charge is 0.186 e. The van der Waals surface area contributed by atoms with Crippen LogP contribution in [0.1, 0.15) is 62.8 Å². The molecule has 0 bridgehead atoms. The fourth-order valence-corrected chi connectivity index (χ4v) is 3.61. The largest absolute Gasteiger partial charge is 0.348 e. The molecule has 1 saturated heterocycles. The first-order valence-electron chi connectivity index (χ1n) is 7.06. The summed E-state index contributed by atoms with van der Waals surface area (Å²) in [5.74, 6) is 0.949. The number of rotatable bonds is 2. The third-order valence-electron chi connectivity index (χ3n) is 3.70. The van der Waals surface area contributed by atoms with Crippen molar-refractivity contribution in [3.05, 3.63) is 10.6 Å². The molecule has 19 heavy (non-hydrogen) atoms. The summed E-state index contributed by atoms with van der Waals surface area (Å²) in [6.45, 7) is 12.4. The van der Waals surface area contributed by atoms with Crippen LogP contribution in [-0.4, -0.2) is 23.9 Å². The molecule has 0 amide bonds. The van der Waals surface area contributed by atoms with Gasteiger partial charge in [0.25, 0.3) is 0 Å². The lowest BCUT2D eigenvalue weighted by molar-refractivity contribution is 0.101. The fraction of sp³-hybridized carbons (Fsp3) is 0.733. The highest BCUT2D eigenvalue weighted by atomic mass is 32.1. The van der Waals surface area contributed by atoms with Crippen LogP contribution in [0.5, 0.6) is 0 Å². The van der Waals surface area contributed by atoms with Gasteiger partial charge >= 0.3 is 0 Å². The Kier molecular flexibility index (Phi) is 4.00. The number of aromatic nitrogens is 1. The van der Waals surface area contributed by atoms with Gasteiger partial charge in [-0.05, 0) is 18.8 Å². The predicted octanol–water partition coefficient (Wildman–Crippen LogP) is 3.88. The maximum absolute atomic E-state index is 11.8. The third-order valence-corrected chi connectivity index (χ3v) is 4.92. The van der Waals surface area contributed by atoms with Gasteiger partial charge < -0.3 is 4.90 Å². The maximum Gasteiger partial charge on any atom is 0.186 e. The van der Waals surface area contributed by atoms with Crippen molar-refractivity contribution in [2.45, 2.75) is 52.9 Å². The minimum absolute atomic E-state index is 0.0706. The summed E-state index contributed by atoms with van der Waals surface area (Å²) in [5, 5.41) is 1.03. The highest BCUT2D eigenvalue weighted by Gasteiger charge is 2.28. The maximum atomic E-state index is 11.8. The molecule has 1 fully saturated rings. The van der Waals surface area contributed by atoms with Gasteiger partial charge in [0, 0.05) is 25.4 Å². The van der Waals surface area contributed by atoms with Crippen molar-refractivity contribution in [2.75, 3.05) is 18.0 Å². The Morgan fingerprint density at radius 3 is 2.32 bits per heavy atom. The molecule has 0 saturated carbocycles. The van der Waals surface area contributed by atoms with E-state index in [1.54, 1.807) is 18.3 Å². The van der Waals surface area contributed by atoms with Crippen LogP contribution in [0.15, 0.2) is 0 Å². The Labute approximate surface area is 120 Å². The predicted molar refractivity (Wildman–Crippen MR) is 81.4 cm³/mol. The molecule has 1 aliphatic heterocycles. The standard InChI is InChI=1S/C15H24N2OS/c1-10-6-8-17(9-7-10)14-16-13(15(3,4)5)12(19-14)11(2)18/h10H,6-9H2,1-5H3. The molecular weight excluding hydrogens is 256 g/mol. The molecule has 4 heteroatoms. The molecule has 2 rings (SSSR count). The van der Waals surface area contributed by atoms with E-state index in [2.05, 4.69) is 32.6 Å². The molecule has 2 heterocycles. The van der Waals surface area contributed by atoms with Gasteiger partial charge in [-0.1, -0.05) is 39.0 Å². The number of nitrogens with zero attached hydrogens (tertiary/aromatic N) is 2. The molecule has 1 aliphatic rings. The average Bonchev–Trinajstić information content (AvgIpc) is 2.74. The first-order chi connectivity index (χ1) is 8.79. The Morgan fingerprint density at radius 1 is 1.32 bits per heavy atom. The fourth-order valence-electron chi connectivity index (χ4n) is 2.39. The van der Waals surface area contributed by atoms with Gasteiger partial charge in [-0.3, -0.25) is 4.79 Å². The topological polar surface area (TPSA) is 33.2 Å². The van der Waals surface area contributed by atoms with Gasteiger partial charge in [0.05, 0.1) is 10.6 Å². The molecule has 0 aromatic carbocycles. The zero-order valence-corrected chi connectivity index (χ0v) is 13.4. The lowest BCUT2D eigenvalue weighted by Gasteiger charge is -2.29. The lowest BCUT2D eigenvalue weighted by Crippen LogP contribution is -2.32. The summed E-state index contributed by atoms with van der Waals surface area (Å²) < 4.78 is 0. The van der Waals surface area contributed by atoms with E-state index in [0.717, 1.165) is 34.7 Å². The molecule has 3 nitrogen and oxygen atoms in total. The second-order valence-electron chi connectivity index (χ2n) is 6.65. The molecule has 0 unspecified atom stereocenters. The number of Topliss-reactive ketones (excluding diaryl/α,β-unsaturated/α-hetero) is 1. The zero-order chi connectivity index (χ0) is 14.2. The Hall–Kier alpha value is -0.900. The molecule has 1 aromatic heterocycles. The van der Waals surface area contributed by atoms with Crippen LogP contribution in [-0.2, 0) is 5.41 Å². The zero-order valence-electron chi connectivity index (χ0n) is 12.6. The summed E-state index contributed by atoms with van der Waals surface area (Å²) in [6, 6.07) is 0. The summed E-state index contributed by atoms with van der Waals surface area (Å²) in [6.07, 6.45) is 2.44. The van der Waals surface area contributed by atoms with Crippen LogP contribution >= 0.6 is 11.3 Å². The second kappa shape index (κ2) is 5.23. The van der Waals surface area contributed by atoms with Crippen molar-refractivity contribution in [2.24, 2.45) is 5.92 Å². The first-order valence-corrected chi connectivity index (χ1v) is 7.88. The van der Waals surface area contributed by atoms with E-state index in [1.807, 2.05) is 0 Å². The average molecular weight is 280 g/mol. The van der Waals surface area contributed by atoms with Gasteiger partial charge in [0.2, 0.25) is 0 Å². The van der Waals surface area contributed by atoms with Gasteiger partial charge in [-0.2, -0.15) is 0 Å². The molecule has 0 radical (unpaired) electrons. The summed E-state index contributed by atoms with van der Waals surface area (Å²) >= 11 is 1.57. The second-order valence-corrected chi connectivity index (χ2v) is 7.63. The Bertz CT molecular complexity index is 465. The SMILES string of the molecule is CC(=O)c1sc(N2CCC(C)CC2)nc1C(C)(C)C. The van der Waals surface area contributed by atoms with E-state index in [9.17, 15) is 4.79 Å². The minimum Gasteiger partial charge on any atom is -0.348 e. The first kappa shape index (κ1) is 14.5. The minimum atomic E-state index is -0.0706. The van der Waals surface area contributed by atoms with Crippen LogP contribution < -0.4 is 4.90 Å². The van der Waals surface area contributed by atoms with Gasteiger partial charge in [-0.25, -0.2) is 4.98 Å². The van der Waals surface area contributed by atoms with Crippen LogP contribution in [0.3, 0.4) is 0 Å². The van der Waals surface area contributed by atoms with Crippen molar-refractivity contribution in [1.29, 1.82) is 0 Å². The normalized spacial score (nSPS) is 17.8. The van der Waals surface area contributed by atoms with E-state index in [1.165, 1.54) is 12.8 Å². The van der Waals surface area contributed by atoms with Crippen LogP contribution in [0.25, 0.3) is 0 Å². The number of ketones is 1. The molecule has 0 spiro atoms. The van der Waals surface area contributed by atoms with Crippen molar-refractivity contribution in [3.63, 3.8) is 0 Å². The van der Waals surface area contributed by atoms with E-state index in [0.29, 0.717) is 0 Å². The van der Waals surface area contributed by atoms with Crippen molar-refractivity contribution < 1.29 is 4.79 Å². The van der Waals surface area contributed by atoms with Crippen LogP contribution in [0.2, 0.25) is 0 Å². The van der Waals surface area contributed by atoms with Crippen molar-refractivity contribution in [3.8, 4) is 0 Å². The van der Waals surface area contributed by atoms with Crippen molar-refractivity contribution >= 4 is 22.3 Å². The van der Waals surface area contributed by atoms with E-state index in [4.69, 9.17) is 4.98 Å². The highest BCUT2D eigenvalue weighted by molar-refractivity contribution is 7.17. The monoisotopic (exact) mass is 280 g/mol. The molecule has 0 N–H and O–H groups in total. The number of carbonyl (C=O) groups is 1. The van der Waals surface area contributed by atoms with Gasteiger partial charge in [-0.15, -0.1) is 0 Å². The van der Waals surface area contributed by atoms with Gasteiger partial charge in [0.15, 0.2) is 10.9 Å². The van der Waals surface area contributed by atoms with Gasteiger partial charge in [0.1, 0.15) is 0 Å². The number of hydrogen-bond donors (Lipinski definition) is 0. The van der Waals surface area contributed by atoms with E-state index < -0.39 is 0 Å².